The molecule has 0 spiro atoms. The minimum absolute atomic E-state index is 0.290. The molecular formula is C16H25ClN2O2. The summed E-state index contributed by atoms with van der Waals surface area (Å²) in [5.74, 6) is 2.13. The van der Waals surface area contributed by atoms with Gasteiger partial charge in [0.15, 0.2) is 0 Å². The van der Waals surface area contributed by atoms with Crippen molar-refractivity contribution >= 4 is 11.6 Å². The number of halogens is 1. The van der Waals surface area contributed by atoms with Gasteiger partial charge in [-0.15, -0.1) is 0 Å². The Balaban J connectivity index is 2.59. The monoisotopic (exact) mass is 312 g/mol. The number of hydrogen-bond donors (Lipinski definition) is 1. The molecule has 0 aromatic heterocycles. The molecule has 118 valence electrons. The highest BCUT2D eigenvalue weighted by Gasteiger charge is 2.34. The van der Waals surface area contributed by atoms with Crippen LogP contribution in [0.15, 0.2) is 0 Å². The fourth-order valence-electron chi connectivity index (χ4n) is 3.45. The third-order valence-corrected chi connectivity index (χ3v) is 5.02. The summed E-state index contributed by atoms with van der Waals surface area (Å²) in [5.41, 5.74) is 9.01. The Morgan fingerprint density at radius 3 is 2.29 bits per heavy atom. The molecule has 2 rings (SSSR count). The van der Waals surface area contributed by atoms with Gasteiger partial charge >= 0.3 is 0 Å². The Bertz CT molecular complexity index is 534. The van der Waals surface area contributed by atoms with Crippen LogP contribution in [0.4, 0.5) is 0 Å². The molecule has 4 nitrogen and oxygen atoms in total. The Morgan fingerprint density at radius 2 is 1.81 bits per heavy atom. The average molecular weight is 313 g/mol. The lowest BCUT2D eigenvalue weighted by molar-refractivity contribution is 0.299. The summed E-state index contributed by atoms with van der Waals surface area (Å²) >= 11 is 6.41. The third-order valence-electron chi connectivity index (χ3n) is 4.57. The van der Waals surface area contributed by atoms with Crippen LogP contribution in [-0.4, -0.2) is 39.3 Å². The van der Waals surface area contributed by atoms with Gasteiger partial charge in [0.2, 0.25) is 0 Å². The van der Waals surface area contributed by atoms with Gasteiger partial charge in [-0.3, -0.25) is 4.90 Å². The minimum atomic E-state index is 0.290. The van der Waals surface area contributed by atoms with Crippen molar-refractivity contribution in [1.29, 1.82) is 0 Å². The zero-order valence-electron chi connectivity index (χ0n) is 13.5. The van der Waals surface area contributed by atoms with Crippen LogP contribution in [0, 0.1) is 19.8 Å². The minimum Gasteiger partial charge on any atom is -0.496 e. The van der Waals surface area contributed by atoms with Crippen molar-refractivity contribution in [3.63, 3.8) is 0 Å². The van der Waals surface area contributed by atoms with Gasteiger partial charge in [0.1, 0.15) is 11.5 Å². The third kappa shape index (κ3) is 2.72. The summed E-state index contributed by atoms with van der Waals surface area (Å²) in [6, 6.07) is 0.290. The summed E-state index contributed by atoms with van der Waals surface area (Å²) in [4.78, 5) is 2.34. The second kappa shape index (κ2) is 6.42. The van der Waals surface area contributed by atoms with E-state index in [1.165, 1.54) is 5.56 Å². The predicted molar refractivity (Wildman–Crippen MR) is 86.6 cm³/mol. The smallest absolute Gasteiger partial charge is 0.141 e. The number of hydrogen-bond acceptors (Lipinski definition) is 4. The van der Waals surface area contributed by atoms with Gasteiger partial charge in [-0.2, -0.15) is 0 Å². The molecule has 1 heterocycles. The van der Waals surface area contributed by atoms with Crippen LogP contribution in [0.2, 0.25) is 5.02 Å². The van der Waals surface area contributed by atoms with Crippen LogP contribution >= 0.6 is 11.6 Å². The second-order valence-electron chi connectivity index (χ2n) is 5.84. The molecule has 1 aliphatic heterocycles. The zero-order chi connectivity index (χ0) is 15.7. The van der Waals surface area contributed by atoms with E-state index >= 15 is 0 Å². The Morgan fingerprint density at radius 1 is 1.19 bits per heavy atom. The molecule has 0 aliphatic carbocycles. The van der Waals surface area contributed by atoms with Crippen molar-refractivity contribution in [2.75, 3.05) is 34.4 Å². The Labute approximate surface area is 132 Å². The molecule has 0 bridgehead atoms. The van der Waals surface area contributed by atoms with Crippen LogP contribution in [0.25, 0.3) is 0 Å². The highest BCUT2D eigenvalue weighted by molar-refractivity contribution is 6.33. The van der Waals surface area contributed by atoms with E-state index in [0.29, 0.717) is 23.5 Å². The highest BCUT2D eigenvalue weighted by atomic mass is 35.5. The molecule has 2 N–H and O–H groups in total. The van der Waals surface area contributed by atoms with Gasteiger partial charge in [-0.25, -0.2) is 0 Å². The van der Waals surface area contributed by atoms with E-state index in [1.807, 2.05) is 13.8 Å². The highest BCUT2D eigenvalue weighted by Crippen LogP contribution is 2.47. The number of benzene rings is 1. The van der Waals surface area contributed by atoms with Crippen molar-refractivity contribution in [1.82, 2.24) is 4.90 Å². The summed E-state index contributed by atoms with van der Waals surface area (Å²) in [7, 11) is 5.49. The molecule has 5 heteroatoms. The fourth-order valence-corrected chi connectivity index (χ4v) is 3.75. The van der Waals surface area contributed by atoms with E-state index in [2.05, 4.69) is 11.9 Å². The summed E-state index contributed by atoms with van der Waals surface area (Å²) in [5, 5.41) is 0.631. The number of likely N-dealkylation sites (tertiary alicyclic amines) is 1. The molecule has 0 saturated carbocycles. The van der Waals surface area contributed by atoms with Crippen molar-refractivity contribution < 1.29 is 9.47 Å². The first kappa shape index (κ1) is 16.4. The standard InChI is InChI=1S/C16H25ClN2O2/c1-9-13(12-6-11(7-18)8-19(12)3)15(20-4)10(2)14(17)16(9)21-5/h11-12H,6-8,18H2,1-5H3. The van der Waals surface area contributed by atoms with Crippen molar-refractivity contribution in [2.24, 2.45) is 11.7 Å². The summed E-state index contributed by atoms with van der Waals surface area (Å²) in [6.07, 6.45) is 1.04. The lowest BCUT2D eigenvalue weighted by atomic mass is 9.92. The first-order valence-corrected chi connectivity index (χ1v) is 7.64. The SMILES string of the molecule is COc1c(C)c(C2CC(CN)CN2C)c(OC)c(C)c1Cl. The number of nitrogens with zero attached hydrogens (tertiary/aromatic N) is 1. The second-order valence-corrected chi connectivity index (χ2v) is 6.21. The van der Waals surface area contributed by atoms with Crippen LogP contribution < -0.4 is 15.2 Å². The molecule has 2 atom stereocenters. The van der Waals surface area contributed by atoms with E-state index < -0.39 is 0 Å². The molecule has 1 fully saturated rings. The van der Waals surface area contributed by atoms with Crippen LogP contribution in [-0.2, 0) is 0 Å². The molecule has 21 heavy (non-hydrogen) atoms. The molecule has 0 radical (unpaired) electrons. The van der Waals surface area contributed by atoms with Crippen LogP contribution in [0.3, 0.4) is 0 Å². The Kier molecular flexibility index (Phi) is 5.02. The number of rotatable bonds is 4. The van der Waals surface area contributed by atoms with E-state index in [4.69, 9.17) is 26.8 Å². The topological polar surface area (TPSA) is 47.7 Å². The van der Waals surface area contributed by atoms with E-state index in [0.717, 1.165) is 35.6 Å². The number of nitrogens with two attached hydrogens (primary N) is 1. The van der Waals surface area contributed by atoms with Gasteiger partial charge in [0.25, 0.3) is 0 Å². The summed E-state index contributed by atoms with van der Waals surface area (Å²) < 4.78 is 11.2. The van der Waals surface area contributed by atoms with Gasteiger partial charge < -0.3 is 15.2 Å². The normalized spacial score (nSPS) is 22.6. The van der Waals surface area contributed by atoms with Gasteiger partial charge in [-0.1, -0.05) is 11.6 Å². The maximum absolute atomic E-state index is 6.41. The van der Waals surface area contributed by atoms with Crippen molar-refractivity contribution in [3.05, 3.63) is 21.7 Å². The average Bonchev–Trinajstić information content (AvgIpc) is 2.84. The van der Waals surface area contributed by atoms with Crippen molar-refractivity contribution in [2.45, 2.75) is 26.3 Å². The zero-order valence-corrected chi connectivity index (χ0v) is 14.3. The fraction of sp³-hybridized carbons (Fsp3) is 0.625. The van der Waals surface area contributed by atoms with Crippen LogP contribution in [0.1, 0.15) is 29.2 Å². The predicted octanol–water partition coefficient (Wildman–Crippen LogP) is 2.93. The van der Waals surface area contributed by atoms with E-state index in [9.17, 15) is 0 Å². The maximum Gasteiger partial charge on any atom is 0.141 e. The largest absolute Gasteiger partial charge is 0.496 e. The van der Waals surface area contributed by atoms with Crippen LogP contribution in [0.5, 0.6) is 11.5 Å². The quantitative estimate of drug-likeness (QED) is 0.928. The van der Waals surface area contributed by atoms with Crippen molar-refractivity contribution in [3.8, 4) is 11.5 Å². The van der Waals surface area contributed by atoms with E-state index in [1.54, 1.807) is 14.2 Å². The Hall–Kier alpha value is -0.970. The molecule has 1 aromatic rings. The molecule has 1 aliphatic rings. The van der Waals surface area contributed by atoms with Gasteiger partial charge in [0, 0.05) is 29.3 Å². The molecular weight excluding hydrogens is 288 g/mol. The molecule has 0 amide bonds. The maximum atomic E-state index is 6.41. The lowest BCUT2D eigenvalue weighted by Gasteiger charge is -2.27. The first-order valence-electron chi connectivity index (χ1n) is 7.27. The molecule has 1 saturated heterocycles. The summed E-state index contributed by atoms with van der Waals surface area (Å²) in [6.45, 7) is 5.74. The number of ether oxygens (including phenoxy) is 2. The molecule has 1 aromatic carbocycles. The first-order chi connectivity index (χ1) is 9.96. The lowest BCUT2D eigenvalue weighted by Crippen LogP contribution is -2.21. The van der Waals surface area contributed by atoms with Gasteiger partial charge in [0.05, 0.1) is 19.2 Å². The van der Waals surface area contributed by atoms with E-state index in [-0.39, 0.29) is 0 Å². The van der Waals surface area contributed by atoms with Gasteiger partial charge in [-0.05, 0) is 39.8 Å². The number of methoxy groups -OCH3 is 2. The molecule has 2 unspecified atom stereocenters.